The number of hydrogen-bond donors (Lipinski definition) is 3. The number of hydrogen-bond acceptors (Lipinski definition) is 10. The Morgan fingerprint density at radius 3 is 2.94 bits per heavy atom. The zero-order valence-electron chi connectivity index (χ0n) is 18.2. The predicted molar refractivity (Wildman–Crippen MR) is 125 cm³/mol. The lowest BCUT2D eigenvalue weighted by Crippen LogP contribution is -2.71. The van der Waals surface area contributed by atoms with Gasteiger partial charge in [-0.1, -0.05) is 11.2 Å². The minimum Gasteiger partial charge on any atom is -0.477 e. The Bertz CT molecular complexity index is 1410. The number of anilines is 1. The molecule has 180 valence electrons. The smallest absolute Gasteiger partial charge is 0.352 e. The molecular formula is C20H19N8O5S2+. The van der Waals surface area contributed by atoms with Crippen LogP contribution in [0.3, 0.4) is 0 Å². The van der Waals surface area contributed by atoms with Gasteiger partial charge in [-0.2, -0.15) is 9.36 Å². The van der Waals surface area contributed by atoms with E-state index in [2.05, 4.69) is 19.8 Å². The van der Waals surface area contributed by atoms with Gasteiger partial charge in [-0.05, 0) is 6.07 Å². The molecule has 0 aliphatic carbocycles. The number of fused-ring (bicyclic) bond motifs is 2. The van der Waals surface area contributed by atoms with E-state index in [0.717, 1.165) is 17.2 Å². The maximum absolute atomic E-state index is 13.0. The van der Waals surface area contributed by atoms with Crippen LogP contribution in [0.15, 0.2) is 53.2 Å². The van der Waals surface area contributed by atoms with Crippen LogP contribution in [0.1, 0.15) is 5.82 Å². The Kier molecular flexibility index (Phi) is 5.86. The summed E-state index contributed by atoms with van der Waals surface area (Å²) in [5, 5.41) is 15.8. The van der Waals surface area contributed by atoms with Gasteiger partial charge in [0.25, 0.3) is 17.5 Å². The molecule has 3 aromatic heterocycles. The monoisotopic (exact) mass is 515 g/mol. The topological polar surface area (TPSA) is 168 Å². The standard InChI is InChI=1S/C20H18N8O5S2/c1-33-24-12(15-23-20(21)35-25-15)16(29)22-13-17(30)28-14(19(31)32)10(9-34-18(13)28)8-27-7-6-26-5-3-2-4-11(26)27/h2-7,13,18H,8-9H2,1H3,(H3-,21,22,23,25,29,31,32)/p+1/b24-12-/t13-,18-/m1/s1. The number of carbonyl (C=O) groups is 3. The van der Waals surface area contributed by atoms with E-state index < -0.39 is 29.2 Å². The van der Waals surface area contributed by atoms with E-state index in [4.69, 9.17) is 10.6 Å². The molecule has 0 radical (unpaired) electrons. The number of oxime groups is 1. The number of nitrogens with zero attached hydrogens (tertiary/aromatic N) is 6. The first kappa shape index (κ1) is 22.8. The van der Waals surface area contributed by atoms with E-state index in [0.29, 0.717) is 17.9 Å². The molecule has 2 aliphatic rings. The van der Waals surface area contributed by atoms with Crippen LogP contribution in [0, 0.1) is 0 Å². The molecule has 0 spiro atoms. The fourth-order valence-electron chi connectivity index (χ4n) is 4.01. The lowest BCUT2D eigenvalue weighted by Gasteiger charge is -2.49. The SMILES string of the molecule is CO/N=C(\C(=O)N[C@@H]1C(=O)N2C(C(=O)O)=C(C[n+]3ccn4ccccc43)CS[C@H]12)c1nsc(N)n1. The number of rotatable bonds is 7. The Hall–Kier alpha value is -3.98. The number of carboxylic acids is 1. The first-order valence-corrected chi connectivity index (χ1v) is 12.1. The van der Waals surface area contributed by atoms with Crippen molar-refractivity contribution in [3.63, 3.8) is 0 Å². The van der Waals surface area contributed by atoms with Crippen LogP contribution in [0.25, 0.3) is 5.65 Å². The summed E-state index contributed by atoms with van der Waals surface area (Å²) >= 11 is 2.26. The fourth-order valence-corrected chi connectivity index (χ4v) is 5.78. The number of amides is 2. The van der Waals surface area contributed by atoms with Crippen LogP contribution >= 0.6 is 23.3 Å². The fraction of sp³-hybridized carbons (Fsp3) is 0.250. The van der Waals surface area contributed by atoms with Crippen molar-refractivity contribution in [3.8, 4) is 0 Å². The first-order chi connectivity index (χ1) is 16.9. The molecule has 0 saturated carbocycles. The molecule has 4 N–H and O–H groups in total. The minimum absolute atomic E-state index is 0.0306. The molecule has 2 amide bonds. The number of nitrogens with one attached hydrogen (secondary N) is 1. The summed E-state index contributed by atoms with van der Waals surface area (Å²) in [6.07, 6.45) is 5.63. The second-order valence-corrected chi connectivity index (χ2v) is 9.48. The third kappa shape index (κ3) is 3.97. The number of carbonyl (C=O) groups excluding carboxylic acids is 2. The van der Waals surface area contributed by atoms with Crippen molar-refractivity contribution >= 4 is 57.6 Å². The van der Waals surface area contributed by atoms with Gasteiger partial charge in [0, 0.05) is 28.9 Å². The molecule has 2 atom stereocenters. The molecule has 2 aliphatic heterocycles. The highest BCUT2D eigenvalue weighted by atomic mass is 32.2. The number of aromatic nitrogens is 4. The molecule has 5 rings (SSSR count). The maximum Gasteiger partial charge on any atom is 0.352 e. The van der Waals surface area contributed by atoms with Gasteiger partial charge in [-0.15, -0.1) is 11.8 Å². The van der Waals surface area contributed by atoms with Gasteiger partial charge in [0.15, 0.2) is 5.13 Å². The van der Waals surface area contributed by atoms with Crippen molar-refractivity contribution in [2.75, 3.05) is 18.6 Å². The number of imidazole rings is 1. The van der Waals surface area contributed by atoms with E-state index in [1.807, 2.05) is 45.8 Å². The minimum atomic E-state index is -1.20. The number of β-lactam (4-membered cyclic amide) rings is 1. The van der Waals surface area contributed by atoms with Crippen molar-refractivity contribution in [2.45, 2.75) is 18.0 Å². The summed E-state index contributed by atoms with van der Waals surface area (Å²) in [6.45, 7) is 0.310. The Balaban J connectivity index is 1.37. The summed E-state index contributed by atoms with van der Waals surface area (Å²) in [5.74, 6) is -2.11. The van der Waals surface area contributed by atoms with E-state index in [1.165, 1.54) is 23.8 Å². The largest absolute Gasteiger partial charge is 0.477 e. The van der Waals surface area contributed by atoms with Crippen molar-refractivity contribution in [2.24, 2.45) is 5.16 Å². The van der Waals surface area contributed by atoms with Crippen molar-refractivity contribution in [1.29, 1.82) is 0 Å². The molecular weight excluding hydrogens is 496 g/mol. The van der Waals surface area contributed by atoms with E-state index >= 15 is 0 Å². The quantitative estimate of drug-likeness (QED) is 0.162. The number of nitrogen functional groups attached to an aromatic ring is 1. The highest BCUT2D eigenvalue weighted by Crippen LogP contribution is 2.40. The summed E-state index contributed by atoms with van der Waals surface area (Å²) in [6, 6.07) is 4.77. The van der Waals surface area contributed by atoms with Crippen LogP contribution in [0.4, 0.5) is 5.13 Å². The summed E-state index contributed by atoms with van der Waals surface area (Å²) in [5.41, 5.74) is 6.77. The molecule has 0 aromatic carbocycles. The van der Waals surface area contributed by atoms with Gasteiger partial charge in [0.2, 0.25) is 11.5 Å². The van der Waals surface area contributed by atoms with Crippen LogP contribution in [0.5, 0.6) is 0 Å². The van der Waals surface area contributed by atoms with Crippen molar-refractivity contribution in [3.05, 3.63) is 53.9 Å². The number of aliphatic carboxylic acids is 1. The van der Waals surface area contributed by atoms with Gasteiger partial charge in [-0.3, -0.25) is 14.5 Å². The lowest BCUT2D eigenvalue weighted by atomic mass is 10.0. The highest BCUT2D eigenvalue weighted by molar-refractivity contribution is 8.00. The Morgan fingerprint density at radius 1 is 1.40 bits per heavy atom. The van der Waals surface area contributed by atoms with Crippen molar-refractivity contribution in [1.82, 2.24) is 24.0 Å². The number of carboxylic acid groups (broad SMARTS) is 1. The van der Waals surface area contributed by atoms with Crippen LogP contribution in [0.2, 0.25) is 0 Å². The number of nitrogens with two attached hydrogens (primary N) is 1. The van der Waals surface area contributed by atoms with Gasteiger partial charge < -0.3 is 21.0 Å². The second kappa shape index (κ2) is 8.99. The molecule has 13 nitrogen and oxygen atoms in total. The first-order valence-electron chi connectivity index (χ1n) is 10.3. The lowest BCUT2D eigenvalue weighted by molar-refractivity contribution is -0.662. The van der Waals surface area contributed by atoms with E-state index in [-0.39, 0.29) is 22.4 Å². The Morgan fingerprint density at radius 2 is 2.23 bits per heavy atom. The number of pyridine rings is 1. The third-order valence-corrected chi connectivity index (χ3v) is 7.40. The average Bonchev–Trinajstić information content (AvgIpc) is 3.46. The molecule has 3 aromatic rings. The molecule has 5 heterocycles. The number of thioether (sulfide) groups is 1. The normalized spacial score (nSPS) is 20.0. The summed E-state index contributed by atoms with van der Waals surface area (Å²) in [4.78, 5) is 47.9. The molecule has 0 bridgehead atoms. The third-order valence-electron chi connectivity index (χ3n) is 5.52. The summed E-state index contributed by atoms with van der Waals surface area (Å²) in [7, 11) is 1.26. The van der Waals surface area contributed by atoms with E-state index in [1.54, 1.807) is 0 Å². The van der Waals surface area contributed by atoms with E-state index in [9.17, 15) is 19.5 Å². The van der Waals surface area contributed by atoms with Crippen LogP contribution in [-0.4, -0.2) is 71.5 Å². The zero-order chi connectivity index (χ0) is 24.7. The molecule has 35 heavy (non-hydrogen) atoms. The average molecular weight is 516 g/mol. The predicted octanol–water partition coefficient (Wildman–Crippen LogP) is -0.550. The van der Waals surface area contributed by atoms with Gasteiger partial charge >= 0.3 is 5.97 Å². The van der Waals surface area contributed by atoms with Crippen LogP contribution in [-0.2, 0) is 25.8 Å². The molecule has 1 fully saturated rings. The van der Waals surface area contributed by atoms with Crippen molar-refractivity contribution < 1.29 is 28.9 Å². The molecule has 0 unspecified atom stereocenters. The molecule has 1 saturated heterocycles. The van der Waals surface area contributed by atoms with Gasteiger partial charge in [-0.25, -0.2) is 13.8 Å². The zero-order valence-corrected chi connectivity index (χ0v) is 19.8. The van der Waals surface area contributed by atoms with Gasteiger partial charge in [0.05, 0.1) is 6.20 Å². The molecule has 15 heteroatoms. The highest BCUT2D eigenvalue weighted by Gasteiger charge is 2.54. The van der Waals surface area contributed by atoms with Gasteiger partial charge in [0.1, 0.15) is 43.2 Å². The summed E-state index contributed by atoms with van der Waals surface area (Å²) < 4.78 is 7.79. The second-order valence-electron chi connectivity index (χ2n) is 7.59. The van der Waals surface area contributed by atoms with Crippen LogP contribution < -0.4 is 15.6 Å². The Labute approximate surface area is 206 Å². The maximum atomic E-state index is 13.0.